The van der Waals surface area contributed by atoms with Crippen LogP contribution in [0.15, 0.2) is 0 Å². The fourth-order valence-corrected chi connectivity index (χ4v) is 1.45. The molecule has 14 heavy (non-hydrogen) atoms. The first-order valence-electron chi connectivity index (χ1n) is 4.32. The number of nitrogen functional groups attached to an aromatic ring is 1. The van der Waals surface area contributed by atoms with Gasteiger partial charge in [-0.2, -0.15) is 4.98 Å². The van der Waals surface area contributed by atoms with E-state index >= 15 is 0 Å². The molecule has 0 unspecified atom stereocenters. The van der Waals surface area contributed by atoms with Gasteiger partial charge in [-0.1, -0.05) is 0 Å². The Balaban J connectivity index is 2.09. The number of nitrogens with one attached hydrogen (secondary N) is 1. The van der Waals surface area contributed by atoms with Gasteiger partial charge in [0.15, 0.2) is 0 Å². The maximum Gasteiger partial charge on any atom is 0.291 e. The van der Waals surface area contributed by atoms with E-state index in [0.29, 0.717) is 19.5 Å². The molecule has 1 aromatic rings. The number of hydrogen-bond donors (Lipinski definition) is 3. The predicted molar refractivity (Wildman–Crippen MR) is 47.3 cm³/mol. The van der Waals surface area contributed by atoms with Gasteiger partial charge in [-0.05, 0) is 6.42 Å². The van der Waals surface area contributed by atoms with Gasteiger partial charge in [0.25, 0.3) is 5.91 Å². The molecule has 0 aliphatic carbocycles. The second-order valence-corrected chi connectivity index (χ2v) is 3.24. The van der Waals surface area contributed by atoms with Crippen molar-refractivity contribution in [1.82, 2.24) is 20.1 Å². The number of aliphatic hydroxyl groups is 1. The number of carbonyl (C=O) groups excluding carboxylic acids is 1. The average molecular weight is 197 g/mol. The Kier molecular flexibility index (Phi) is 2.08. The van der Waals surface area contributed by atoms with E-state index in [4.69, 9.17) is 5.73 Å². The minimum atomic E-state index is -0.431. The topological polar surface area (TPSA) is 108 Å². The Hall–Kier alpha value is -1.63. The zero-order valence-corrected chi connectivity index (χ0v) is 7.47. The molecule has 1 atom stereocenters. The maximum atomic E-state index is 11.6. The minimum absolute atomic E-state index is 0.0492. The van der Waals surface area contributed by atoms with Crippen molar-refractivity contribution >= 4 is 11.9 Å². The van der Waals surface area contributed by atoms with E-state index in [1.165, 1.54) is 4.90 Å². The van der Waals surface area contributed by atoms with Crippen molar-refractivity contribution < 1.29 is 9.90 Å². The van der Waals surface area contributed by atoms with Crippen LogP contribution in [-0.2, 0) is 0 Å². The number of H-pyrrole nitrogens is 1. The zero-order valence-electron chi connectivity index (χ0n) is 7.47. The summed E-state index contributed by atoms with van der Waals surface area (Å²) in [6.07, 6.45) is 0.175. The lowest BCUT2D eigenvalue weighted by Gasteiger charge is -2.12. The lowest BCUT2D eigenvalue weighted by molar-refractivity contribution is 0.0753. The van der Waals surface area contributed by atoms with Crippen LogP contribution in [0.2, 0.25) is 0 Å². The first-order chi connectivity index (χ1) is 6.66. The summed E-state index contributed by atoms with van der Waals surface area (Å²) >= 11 is 0. The fourth-order valence-electron chi connectivity index (χ4n) is 1.45. The Morgan fingerprint density at radius 3 is 3.00 bits per heavy atom. The fraction of sp³-hybridized carbons (Fsp3) is 0.571. The Labute approximate surface area is 79.9 Å². The number of amides is 1. The summed E-state index contributed by atoms with van der Waals surface area (Å²) in [5.41, 5.74) is 5.27. The van der Waals surface area contributed by atoms with E-state index < -0.39 is 6.10 Å². The third kappa shape index (κ3) is 1.53. The van der Waals surface area contributed by atoms with Crippen LogP contribution in [0.4, 0.5) is 5.95 Å². The molecule has 1 aliphatic rings. The van der Waals surface area contributed by atoms with Crippen molar-refractivity contribution in [3.63, 3.8) is 0 Å². The average Bonchev–Trinajstić information content (AvgIpc) is 2.73. The van der Waals surface area contributed by atoms with E-state index in [1.54, 1.807) is 0 Å². The number of likely N-dealkylation sites (tertiary alicyclic amines) is 1. The van der Waals surface area contributed by atoms with E-state index in [1.807, 2.05) is 0 Å². The number of aliphatic hydroxyl groups excluding tert-OH is 1. The highest BCUT2D eigenvalue weighted by atomic mass is 16.3. The second-order valence-electron chi connectivity index (χ2n) is 3.24. The highest BCUT2D eigenvalue weighted by Gasteiger charge is 2.27. The summed E-state index contributed by atoms with van der Waals surface area (Å²) in [5, 5.41) is 15.2. The van der Waals surface area contributed by atoms with Crippen LogP contribution < -0.4 is 5.73 Å². The molecule has 1 fully saturated rings. The molecule has 0 spiro atoms. The van der Waals surface area contributed by atoms with Crippen LogP contribution in [0.25, 0.3) is 0 Å². The van der Waals surface area contributed by atoms with Gasteiger partial charge < -0.3 is 15.7 Å². The van der Waals surface area contributed by atoms with Crippen LogP contribution in [0, 0.1) is 0 Å². The standard InChI is InChI=1S/C7H11N5O2/c8-7-9-5(10-11-7)6(14)12-2-1-4(13)3-12/h4,13H,1-3H2,(H3,8,9,10,11)/t4-/m0/s1. The van der Waals surface area contributed by atoms with Crippen molar-refractivity contribution in [2.45, 2.75) is 12.5 Å². The number of hydrogen-bond acceptors (Lipinski definition) is 5. The number of aromatic amines is 1. The third-order valence-corrected chi connectivity index (χ3v) is 2.16. The summed E-state index contributed by atoms with van der Waals surface area (Å²) < 4.78 is 0. The van der Waals surface area contributed by atoms with Crippen molar-refractivity contribution in [2.24, 2.45) is 0 Å². The molecule has 1 saturated heterocycles. The first-order valence-corrected chi connectivity index (χ1v) is 4.32. The number of nitrogens with zero attached hydrogens (tertiary/aromatic N) is 3. The quantitative estimate of drug-likeness (QED) is 0.512. The van der Waals surface area contributed by atoms with Crippen LogP contribution in [-0.4, -0.2) is 50.3 Å². The molecule has 0 saturated carbocycles. The zero-order chi connectivity index (χ0) is 10.1. The molecule has 2 rings (SSSR count). The van der Waals surface area contributed by atoms with E-state index in [9.17, 15) is 9.90 Å². The predicted octanol–water partition coefficient (Wildman–Crippen LogP) is -1.41. The van der Waals surface area contributed by atoms with Crippen LogP contribution >= 0.6 is 0 Å². The number of aromatic nitrogens is 3. The van der Waals surface area contributed by atoms with Gasteiger partial charge in [-0.25, -0.2) is 0 Å². The van der Waals surface area contributed by atoms with Crippen LogP contribution in [0.3, 0.4) is 0 Å². The normalized spacial score (nSPS) is 21.5. The van der Waals surface area contributed by atoms with Gasteiger partial charge >= 0.3 is 0 Å². The first kappa shape index (κ1) is 8.95. The summed E-state index contributed by atoms with van der Waals surface area (Å²) in [6.45, 7) is 0.889. The van der Waals surface area contributed by atoms with Crippen molar-refractivity contribution in [3.05, 3.63) is 5.82 Å². The molecule has 0 aromatic carbocycles. The highest BCUT2D eigenvalue weighted by Crippen LogP contribution is 2.11. The molecule has 1 aromatic heterocycles. The number of β-amino-alcohol motifs (C(OH)–C–C–N with tert-alkyl or cyclic N) is 1. The molecule has 7 nitrogen and oxygen atoms in total. The van der Waals surface area contributed by atoms with Crippen molar-refractivity contribution in [3.8, 4) is 0 Å². The number of anilines is 1. The Morgan fingerprint density at radius 1 is 1.71 bits per heavy atom. The molecule has 1 amide bonds. The summed E-state index contributed by atoms with van der Waals surface area (Å²) in [6, 6.07) is 0. The monoisotopic (exact) mass is 197 g/mol. The highest BCUT2D eigenvalue weighted by molar-refractivity contribution is 5.90. The number of nitrogens with two attached hydrogens (primary N) is 1. The minimum Gasteiger partial charge on any atom is -0.391 e. The Morgan fingerprint density at radius 2 is 2.50 bits per heavy atom. The Bertz CT molecular complexity index is 350. The molecule has 2 heterocycles. The molecular formula is C7H11N5O2. The lowest BCUT2D eigenvalue weighted by Crippen LogP contribution is -2.30. The SMILES string of the molecule is Nc1n[nH]c(C(=O)N2CC[C@H](O)C2)n1. The largest absolute Gasteiger partial charge is 0.391 e. The number of rotatable bonds is 1. The van der Waals surface area contributed by atoms with Crippen LogP contribution in [0.1, 0.15) is 17.0 Å². The lowest BCUT2D eigenvalue weighted by atomic mass is 10.3. The van der Waals surface area contributed by atoms with Gasteiger partial charge in [0.05, 0.1) is 6.10 Å². The second kappa shape index (κ2) is 3.26. The molecule has 7 heteroatoms. The number of carbonyl (C=O) groups is 1. The van der Waals surface area contributed by atoms with Gasteiger partial charge in [0, 0.05) is 13.1 Å². The van der Waals surface area contributed by atoms with E-state index in [0.717, 1.165) is 0 Å². The van der Waals surface area contributed by atoms with Gasteiger partial charge in [0.1, 0.15) is 0 Å². The van der Waals surface area contributed by atoms with Gasteiger partial charge in [0.2, 0.25) is 11.8 Å². The smallest absolute Gasteiger partial charge is 0.291 e. The summed E-state index contributed by atoms with van der Waals surface area (Å²) in [5.74, 6) is -0.101. The van der Waals surface area contributed by atoms with Gasteiger partial charge in [-0.3, -0.25) is 9.89 Å². The molecule has 76 valence electrons. The van der Waals surface area contributed by atoms with E-state index in [2.05, 4.69) is 15.2 Å². The maximum absolute atomic E-state index is 11.6. The van der Waals surface area contributed by atoms with Crippen molar-refractivity contribution in [1.29, 1.82) is 0 Å². The van der Waals surface area contributed by atoms with Crippen molar-refractivity contribution in [2.75, 3.05) is 18.8 Å². The van der Waals surface area contributed by atoms with E-state index in [-0.39, 0.29) is 17.7 Å². The molecular weight excluding hydrogens is 186 g/mol. The van der Waals surface area contributed by atoms with Gasteiger partial charge in [-0.15, -0.1) is 5.10 Å². The molecule has 0 radical (unpaired) electrons. The molecule has 1 aliphatic heterocycles. The summed E-state index contributed by atoms with van der Waals surface area (Å²) in [7, 11) is 0. The third-order valence-electron chi connectivity index (χ3n) is 2.16. The summed E-state index contributed by atoms with van der Waals surface area (Å²) in [4.78, 5) is 16.9. The molecule has 4 N–H and O–H groups in total. The molecule has 0 bridgehead atoms. The van der Waals surface area contributed by atoms with Crippen LogP contribution in [0.5, 0.6) is 0 Å².